The Morgan fingerprint density at radius 3 is 2.61 bits per heavy atom. The number of hydrogen-bond acceptors (Lipinski definition) is 7. The van der Waals surface area contributed by atoms with E-state index in [1.165, 1.54) is 6.08 Å². The molecule has 7 heteroatoms. The number of hydrogen-bond donors (Lipinski definition) is 2. The number of para-hydroxylation sites is 1. The van der Waals surface area contributed by atoms with Crippen molar-refractivity contribution in [1.82, 2.24) is 9.88 Å². The third-order valence-corrected chi connectivity index (χ3v) is 4.43. The fourth-order valence-electron chi connectivity index (χ4n) is 2.98. The summed E-state index contributed by atoms with van der Waals surface area (Å²) in [4.78, 5) is 19.7. The lowest BCUT2D eigenvalue weighted by molar-refractivity contribution is -0.104. The average Bonchev–Trinajstić information content (AvgIpc) is 2.74. The van der Waals surface area contributed by atoms with Gasteiger partial charge in [0.05, 0.1) is 5.69 Å². The molecule has 2 N–H and O–H groups in total. The van der Waals surface area contributed by atoms with Crippen molar-refractivity contribution in [3.63, 3.8) is 0 Å². The van der Waals surface area contributed by atoms with Crippen molar-refractivity contribution >= 4 is 23.9 Å². The van der Waals surface area contributed by atoms with Crippen LogP contribution in [0.5, 0.6) is 11.5 Å². The second-order valence-electron chi connectivity index (χ2n) is 6.21. The number of nitrogens with zero attached hydrogens (tertiary/aromatic N) is 3. The maximum Gasteiger partial charge on any atom is 0.151 e. The molecule has 1 aromatic carbocycles. The first kappa shape index (κ1) is 21.4. The molecule has 1 saturated heterocycles. The molecule has 0 atom stereocenters. The molecule has 1 fully saturated rings. The number of aldehydes is 1. The number of nitrogens with one attached hydrogen (secondary N) is 1. The standard InChI is InChI=1S/C20H24N4O2.CH4O/c1-21-20-16(6-4-14-25)5-3-7-18(20)26-17-8-9-22-19(15-17)24-12-10-23(2)11-13-24;1-2/h3-9,14-15,21H,10-13H2,1-2H3;2H,1H3/b6-4+;. The first-order valence-corrected chi connectivity index (χ1v) is 9.16. The van der Waals surface area contributed by atoms with Crippen LogP contribution in [0, 0.1) is 0 Å². The van der Waals surface area contributed by atoms with E-state index in [-0.39, 0.29) is 0 Å². The van der Waals surface area contributed by atoms with Crippen LogP contribution in [0.15, 0.2) is 42.6 Å². The van der Waals surface area contributed by atoms with E-state index < -0.39 is 0 Å². The number of benzene rings is 1. The molecule has 3 rings (SSSR count). The minimum atomic E-state index is 0.705. The van der Waals surface area contributed by atoms with E-state index in [9.17, 15) is 4.79 Å². The van der Waals surface area contributed by atoms with Crippen molar-refractivity contribution in [3.05, 3.63) is 48.2 Å². The molecule has 0 radical (unpaired) electrons. The van der Waals surface area contributed by atoms with Crippen LogP contribution < -0.4 is 15.0 Å². The van der Waals surface area contributed by atoms with Gasteiger partial charge in [0.2, 0.25) is 0 Å². The molecule has 7 nitrogen and oxygen atoms in total. The van der Waals surface area contributed by atoms with E-state index in [1.54, 1.807) is 12.3 Å². The smallest absolute Gasteiger partial charge is 0.151 e. The third-order valence-electron chi connectivity index (χ3n) is 4.43. The fraction of sp³-hybridized carbons (Fsp3) is 0.333. The van der Waals surface area contributed by atoms with Crippen molar-refractivity contribution in [1.29, 1.82) is 0 Å². The second-order valence-corrected chi connectivity index (χ2v) is 6.21. The summed E-state index contributed by atoms with van der Waals surface area (Å²) in [6, 6.07) is 9.57. The van der Waals surface area contributed by atoms with Crippen LogP contribution in [0.3, 0.4) is 0 Å². The molecule has 150 valence electrons. The van der Waals surface area contributed by atoms with Gasteiger partial charge >= 0.3 is 0 Å². The number of rotatable bonds is 6. The Morgan fingerprint density at radius 2 is 1.93 bits per heavy atom. The minimum absolute atomic E-state index is 0.705. The zero-order chi connectivity index (χ0) is 20.4. The normalized spacial score (nSPS) is 14.4. The van der Waals surface area contributed by atoms with Gasteiger partial charge in [-0.1, -0.05) is 12.1 Å². The van der Waals surface area contributed by atoms with Gasteiger partial charge in [0.25, 0.3) is 0 Å². The molecule has 28 heavy (non-hydrogen) atoms. The Labute approximate surface area is 166 Å². The lowest BCUT2D eigenvalue weighted by Gasteiger charge is -2.33. The highest BCUT2D eigenvalue weighted by atomic mass is 16.5. The number of aromatic nitrogens is 1. The predicted molar refractivity (Wildman–Crippen MR) is 113 cm³/mol. The van der Waals surface area contributed by atoms with Gasteiger partial charge in [-0.2, -0.15) is 0 Å². The molecule has 1 aliphatic heterocycles. The zero-order valence-electron chi connectivity index (χ0n) is 16.6. The molecule has 0 unspecified atom stereocenters. The van der Waals surface area contributed by atoms with Gasteiger partial charge in [-0.15, -0.1) is 0 Å². The van der Waals surface area contributed by atoms with Crippen LogP contribution in [0.4, 0.5) is 11.5 Å². The van der Waals surface area contributed by atoms with Crippen LogP contribution in [0.25, 0.3) is 6.08 Å². The molecular weight excluding hydrogens is 356 g/mol. The van der Waals surface area contributed by atoms with E-state index in [0.717, 1.165) is 62.4 Å². The van der Waals surface area contributed by atoms with Gasteiger partial charge in [-0.05, 0) is 31.3 Å². The Hall–Kier alpha value is -2.90. The van der Waals surface area contributed by atoms with Gasteiger partial charge in [0, 0.05) is 58.2 Å². The summed E-state index contributed by atoms with van der Waals surface area (Å²) < 4.78 is 6.11. The number of carbonyl (C=O) groups excluding carboxylic acids is 1. The number of allylic oxidation sites excluding steroid dienone is 1. The van der Waals surface area contributed by atoms with Crippen molar-refractivity contribution in [2.24, 2.45) is 0 Å². The molecule has 0 spiro atoms. The van der Waals surface area contributed by atoms with E-state index in [4.69, 9.17) is 9.84 Å². The largest absolute Gasteiger partial charge is 0.455 e. The van der Waals surface area contributed by atoms with Crippen molar-refractivity contribution < 1.29 is 14.6 Å². The Balaban J connectivity index is 0.00000136. The fourth-order valence-corrected chi connectivity index (χ4v) is 2.98. The van der Waals surface area contributed by atoms with Crippen LogP contribution in [-0.2, 0) is 4.79 Å². The number of piperazine rings is 1. The third kappa shape index (κ3) is 5.55. The Bertz CT molecular complexity index is 787. The van der Waals surface area contributed by atoms with Crippen LogP contribution >= 0.6 is 0 Å². The average molecular weight is 384 g/mol. The number of carbonyl (C=O) groups is 1. The van der Waals surface area contributed by atoms with Gasteiger partial charge in [-0.3, -0.25) is 4.79 Å². The summed E-state index contributed by atoms with van der Waals surface area (Å²) in [5.74, 6) is 2.37. The number of ether oxygens (including phenoxy) is 1. The lowest BCUT2D eigenvalue weighted by atomic mass is 10.1. The number of likely N-dealkylation sites (N-methyl/N-ethyl adjacent to an activating group) is 1. The summed E-state index contributed by atoms with van der Waals surface area (Å²) in [6.07, 6.45) is 5.77. The van der Waals surface area contributed by atoms with E-state index in [2.05, 4.69) is 27.1 Å². The second kappa shape index (κ2) is 11.1. The molecular formula is C21H28N4O3. The summed E-state index contributed by atoms with van der Waals surface area (Å²) >= 11 is 0. The van der Waals surface area contributed by atoms with Crippen molar-refractivity contribution in [2.75, 3.05) is 57.6 Å². The number of pyridine rings is 1. The van der Waals surface area contributed by atoms with Crippen LogP contribution in [0.2, 0.25) is 0 Å². The molecule has 0 amide bonds. The summed E-state index contributed by atoms with van der Waals surface area (Å²) in [5, 5.41) is 10.2. The molecule has 1 aromatic heterocycles. The lowest BCUT2D eigenvalue weighted by Crippen LogP contribution is -2.44. The van der Waals surface area contributed by atoms with Crippen molar-refractivity contribution in [3.8, 4) is 11.5 Å². The Kier molecular flexibility index (Phi) is 8.45. The molecule has 2 aromatic rings. The number of anilines is 2. The Morgan fingerprint density at radius 1 is 1.18 bits per heavy atom. The highest BCUT2D eigenvalue weighted by molar-refractivity contribution is 5.80. The maximum absolute atomic E-state index is 10.6. The molecule has 0 aliphatic carbocycles. The highest BCUT2D eigenvalue weighted by Crippen LogP contribution is 2.33. The predicted octanol–water partition coefficient (Wildman–Crippen LogP) is 2.49. The maximum atomic E-state index is 10.6. The van der Waals surface area contributed by atoms with Gasteiger partial charge in [0.15, 0.2) is 5.75 Å². The molecule has 2 heterocycles. The SMILES string of the molecule is CNc1c(/C=C/C=O)cccc1Oc1ccnc(N2CCN(C)CC2)c1.CO. The van der Waals surface area contributed by atoms with Crippen LogP contribution in [-0.4, -0.2) is 68.7 Å². The van der Waals surface area contributed by atoms with Gasteiger partial charge < -0.3 is 25.0 Å². The van der Waals surface area contributed by atoms with E-state index in [0.29, 0.717) is 5.75 Å². The highest BCUT2D eigenvalue weighted by Gasteiger charge is 2.16. The first-order valence-electron chi connectivity index (χ1n) is 9.16. The van der Waals surface area contributed by atoms with Crippen LogP contribution in [0.1, 0.15) is 5.56 Å². The number of aliphatic hydroxyl groups is 1. The monoisotopic (exact) mass is 384 g/mol. The quantitative estimate of drug-likeness (QED) is 0.585. The van der Waals surface area contributed by atoms with Crippen molar-refractivity contribution in [2.45, 2.75) is 0 Å². The first-order chi connectivity index (χ1) is 13.7. The molecule has 1 aliphatic rings. The number of aliphatic hydroxyl groups excluding tert-OH is 1. The molecule has 0 bridgehead atoms. The van der Waals surface area contributed by atoms with E-state index >= 15 is 0 Å². The zero-order valence-corrected chi connectivity index (χ0v) is 16.6. The van der Waals surface area contributed by atoms with E-state index in [1.807, 2.05) is 37.4 Å². The topological polar surface area (TPSA) is 77.9 Å². The minimum Gasteiger partial charge on any atom is -0.455 e. The summed E-state index contributed by atoms with van der Waals surface area (Å²) in [7, 11) is 4.97. The van der Waals surface area contributed by atoms with Gasteiger partial charge in [0.1, 0.15) is 17.9 Å². The molecule has 0 saturated carbocycles. The van der Waals surface area contributed by atoms with Gasteiger partial charge in [-0.25, -0.2) is 4.98 Å². The summed E-state index contributed by atoms with van der Waals surface area (Å²) in [5.41, 5.74) is 1.73. The summed E-state index contributed by atoms with van der Waals surface area (Å²) in [6.45, 7) is 3.98.